The number of benzene rings is 1. The topological polar surface area (TPSA) is 24.9 Å². The molecule has 0 saturated heterocycles. The third-order valence-electron chi connectivity index (χ3n) is 3.27. The van der Waals surface area contributed by atoms with Crippen LogP contribution in [-0.4, -0.2) is 11.5 Å². The van der Waals surface area contributed by atoms with Crippen molar-refractivity contribution in [1.82, 2.24) is 10.3 Å². The quantitative estimate of drug-likeness (QED) is 0.759. The van der Waals surface area contributed by atoms with Crippen molar-refractivity contribution >= 4 is 33.2 Å². The number of hydrogen-bond acceptors (Lipinski definition) is 3. The molecule has 1 atom stereocenters. The van der Waals surface area contributed by atoms with Gasteiger partial charge in [-0.2, -0.15) is 0 Å². The number of halogens is 1. The van der Waals surface area contributed by atoms with Crippen LogP contribution < -0.4 is 5.32 Å². The molecule has 1 unspecified atom stereocenters. The SMILES string of the molecule is CCNC(c1ccc(Cl)cc1)c1cnc2ccsc2c1. The van der Waals surface area contributed by atoms with Crippen LogP contribution in [0.15, 0.2) is 48.0 Å². The summed E-state index contributed by atoms with van der Waals surface area (Å²) in [6.07, 6.45) is 1.96. The van der Waals surface area contributed by atoms with Crippen LogP contribution in [0.2, 0.25) is 5.02 Å². The van der Waals surface area contributed by atoms with Crippen LogP contribution in [0, 0.1) is 0 Å². The first-order chi connectivity index (χ1) is 9.78. The predicted octanol–water partition coefficient (Wildman–Crippen LogP) is 4.65. The van der Waals surface area contributed by atoms with Crippen LogP contribution in [0.25, 0.3) is 10.2 Å². The normalized spacial score (nSPS) is 12.7. The first-order valence-corrected chi connectivity index (χ1v) is 7.85. The summed E-state index contributed by atoms with van der Waals surface area (Å²) in [5.41, 5.74) is 3.45. The van der Waals surface area contributed by atoms with Gasteiger partial charge in [0.15, 0.2) is 0 Å². The van der Waals surface area contributed by atoms with Crippen molar-refractivity contribution in [1.29, 1.82) is 0 Å². The fourth-order valence-electron chi connectivity index (χ4n) is 2.31. The number of thiophene rings is 1. The molecule has 4 heteroatoms. The number of hydrogen-bond donors (Lipinski definition) is 1. The van der Waals surface area contributed by atoms with E-state index in [2.05, 4.69) is 40.8 Å². The number of nitrogens with one attached hydrogen (secondary N) is 1. The maximum Gasteiger partial charge on any atom is 0.0809 e. The van der Waals surface area contributed by atoms with E-state index in [1.807, 2.05) is 24.4 Å². The van der Waals surface area contributed by atoms with E-state index >= 15 is 0 Å². The highest BCUT2D eigenvalue weighted by atomic mass is 35.5. The first kappa shape index (κ1) is 13.6. The van der Waals surface area contributed by atoms with Crippen molar-refractivity contribution in [2.45, 2.75) is 13.0 Å². The van der Waals surface area contributed by atoms with Crippen LogP contribution >= 0.6 is 22.9 Å². The first-order valence-electron chi connectivity index (χ1n) is 6.60. The van der Waals surface area contributed by atoms with Crippen LogP contribution in [-0.2, 0) is 0 Å². The fourth-order valence-corrected chi connectivity index (χ4v) is 3.22. The maximum absolute atomic E-state index is 5.97. The highest BCUT2D eigenvalue weighted by Gasteiger charge is 2.14. The minimum atomic E-state index is 0.149. The van der Waals surface area contributed by atoms with Crippen LogP contribution in [0.3, 0.4) is 0 Å². The summed E-state index contributed by atoms with van der Waals surface area (Å²) in [4.78, 5) is 4.53. The van der Waals surface area contributed by atoms with Gasteiger partial charge in [0.25, 0.3) is 0 Å². The lowest BCUT2D eigenvalue weighted by molar-refractivity contribution is 0.630. The Labute approximate surface area is 127 Å². The fraction of sp³-hybridized carbons (Fsp3) is 0.188. The predicted molar refractivity (Wildman–Crippen MR) is 86.6 cm³/mol. The third-order valence-corrected chi connectivity index (χ3v) is 4.37. The largest absolute Gasteiger partial charge is 0.306 e. The molecule has 0 fully saturated rings. The Bertz CT molecular complexity index is 706. The molecule has 2 nitrogen and oxygen atoms in total. The van der Waals surface area contributed by atoms with Crippen molar-refractivity contribution in [2.24, 2.45) is 0 Å². The summed E-state index contributed by atoms with van der Waals surface area (Å²) >= 11 is 7.70. The molecule has 3 aromatic rings. The van der Waals surface area contributed by atoms with E-state index in [0.29, 0.717) is 0 Å². The van der Waals surface area contributed by atoms with E-state index in [1.165, 1.54) is 15.8 Å². The molecular weight excluding hydrogens is 288 g/mol. The average molecular weight is 303 g/mol. The van der Waals surface area contributed by atoms with E-state index in [-0.39, 0.29) is 6.04 Å². The van der Waals surface area contributed by atoms with Gasteiger partial charge in [0, 0.05) is 11.2 Å². The Hall–Kier alpha value is -1.42. The zero-order valence-electron chi connectivity index (χ0n) is 11.1. The molecule has 2 aromatic heterocycles. The van der Waals surface area contributed by atoms with E-state index in [1.54, 1.807) is 11.3 Å². The van der Waals surface area contributed by atoms with Crippen LogP contribution in [0.1, 0.15) is 24.1 Å². The molecule has 2 heterocycles. The van der Waals surface area contributed by atoms with E-state index in [0.717, 1.165) is 17.1 Å². The summed E-state index contributed by atoms with van der Waals surface area (Å²) in [5.74, 6) is 0. The molecule has 102 valence electrons. The van der Waals surface area contributed by atoms with Crippen molar-refractivity contribution in [3.05, 3.63) is 64.1 Å². The molecule has 0 aliphatic rings. The molecule has 0 aliphatic heterocycles. The van der Waals surface area contributed by atoms with Gasteiger partial charge in [-0.05, 0) is 47.3 Å². The maximum atomic E-state index is 5.97. The average Bonchev–Trinajstić information content (AvgIpc) is 2.93. The number of fused-ring (bicyclic) bond motifs is 1. The molecule has 0 bridgehead atoms. The van der Waals surface area contributed by atoms with Gasteiger partial charge in [0.05, 0.1) is 16.3 Å². The highest BCUT2D eigenvalue weighted by molar-refractivity contribution is 7.17. The van der Waals surface area contributed by atoms with Gasteiger partial charge >= 0.3 is 0 Å². The summed E-state index contributed by atoms with van der Waals surface area (Å²) in [5, 5.41) is 6.35. The zero-order valence-corrected chi connectivity index (χ0v) is 12.7. The van der Waals surface area contributed by atoms with Gasteiger partial charge in [-0.15, -0.1) is 11.3 Å². The second kappa shape index (κ2) is 5.92. The van der Waals surface area contributed by atoms with Crippen molar-refractivity contribution in [2.75, 3.05) is 6.54 Å². The Kier molecular flexibility index (Phi) is 4.01. The summed E-state index contributed by atoms with van der Waals surface area (Å²) < 4.78 is 1.22. The monoisotopic (exact) mass is 302 g/mol. The standard InChI is InChI=1S/C16H15ClN2S/c1-2-18-16(11-3-5-13(17)6-4-11)12-9-15-14(19-10-12)7-8-20-15/h3-10,16,18H,2H2,1H3. The second-order valence-corrected chi connectivity index (χ2v) is 6.00. The van der Waals surface area contributed by atoms with Gasteiger partial charge in [-0.1, -0.05) is 30.7 Å². The molecule has 20 heavy (non-hydrogen) atoms. The van der Waals surface area contributed by atoms with Crippen molar-refractivity contribution < 1.29 is 0 Å². The molecule has 3 rings (SSSR count). The van der Waals surface area contributed by atoms with Crippen molar-refractivity contribution in [3.63, 3.8) is 0 Å². The lowest BCUT2D eigenvalue weighted by atomic mass is 10.00. The number of rotatable bonds is 4. The second-order valence-electron chi connectivity index (χ2n) is 4.61. The molecule has 1 aromatic carbocycles. The number of pyridine rings is 1. The van der Waals surface area contributed by atoms with Gasteiger partial charge in [-0.3, -0.25) is 4.98 Å². The van der Waals surface area contributed by atoms with Crippen LogP contribution in [0.4, 0.5) is 0 Å². The zero-order chi connectivity index (χ0) is 13.9. The molecule has 0 spiro atoms. The van der Waals surface area contributed by atoms with Gasteiger partial charge < -0.3 is 5.32 Å². The van der Waals surface area contributed by atoms with E-state index in [4.69, 9.17) is 11.6 Å². The molecule has 0 saturated carbocycles. The van der Waals surface area contributed by atoms with Crippen molar-refractivity contribution in [3.8, 4) is 0 Å². The minimum Gasteiger partial charge on any atom is -0.306 e. The molecule has 0 amide bonds. The Morgan fingerprint density at radius 1 is 1.20 bits per heavy atom. The molecular formula is C16H15ClN2S. The minimum absolute atomic E-state index is 0.149. The van der Waals surface area contributed by atoms with E-state index < -0.39 is 0 Å². The van der Waals surface area contributed by atoms with Gasteiger partial charge in [-0.25, -0.2) is 0 Å². The van der Waals surface area contributed by atoms with E-state index in [9.17, 15) is 0 Å². The lowest BCUT2D eigenvalue weighted by Crippen LogP contribution is -2.22. The molecule has 1 N–H and O–H groups in total. The number of nitrogens with zero attached hydrogens (tertiary/aromatic N) is 1. The highest BCUT2D eigenvalue weighted by Crippen LogP contribution is 2.27. The molecule has 0 aliphatic carbocycles. The Morgan fingerprint density at radius 3 is 2.75 bits per heavy atom. The van der Waals surface area contributed by atoms with Gasteiger partial charge in [0.1, 0.15) is 0 Å². The third kappa shape index (κ3) is 2.70. The van der Waals surface area contributed by atoms with Gasteiger partial charge in [0.2, 0.25) is 0 Å². The molecule has 0 radical (unpaired) electrons. The Balaban J connectivity index is 2.02. The smallest absolute Gasteiger partial charge is 0.0809 e. The Morgan fingerprint density at radius 2 is 2.00 bits per heavy atom. The summed E-state index contributed by atoms with van der Waals surface area (Å²) in [6, 6.07) is 12.4. The van der Waals surface area contributed by atoms with Crippen LogP contribution in [0.5, 0.6) is 0 Å². The lowest BCUT2D eigenvalue weighted by Gasteiger charge is -2.18. The summed E-state index contributed by atoms with van der Waals surface area (Å²) in [7, 11) is 0. The number of aromatic nitrogens is 1. The summed E-state index contributed by atoms with van der Waals surface area (Å²) in [6.45, 7) is 3.01.